The summed E-state index contributed by atoms with van der Waals surface area (Å²) in [6.45, 7) is 8.61. The van der Waals surface area contributed by atoms with E-state index in [1.54, 1.807) is 30.5 Å². The largest absolute Gasteiger partial charge is 0.475 e. The summed E-state index contributed by atoms with van der Waals surface area (Å²) < 4.78 is 13.5. The van der Waals surface area contributed by atoms with Gasteiger partial charge in [0.1, 0.15) is 5.52 Å². The molecule has 0 aliphatic heterocycles. The number of hydrogen-bond donors (Lipinski definition) is 1. The van der Waals surface area contributed by atoms with Gasteiger partial charge in [-0.1, -0.05) is 6.08 Å². The van der Waals surface area contributed by atoms with Crippen LogP contribution in [0.3, 0.4) is 0 Å². The van der Waals surface area contributed by atoms with Crippen LogP contribution < -0.4 is 10.1 Å². The van der Waals surface area contributed by atoms with Crippen molar-refractivity contribution in [3.05, 3.63) is 55.3 Å². The van der Waals surface area contributed by atoms with E-state index in [0.717, 1.165) is 11.3 Å². The fourth-order valence-corrected chi connectivity index (χ4v) is 3.65. The van der Waals surface area contributed by atoms with Crippen LogP contribution in [0.2, 0.25) is 0 Å². The van der Waals surface area contributed by atoms with Gasteiger partial charge in [-0.3, -0.25) is 0 Å². The molecule has 4 aromatic rings. The first-order valence-corrected chi connectivity index (χ1v) is 10.5. The Morgan fingerprint density at radius 3 is 3.03 bits per heavy atom. The number of aromatic nitrogens is 4. The molecular formula is C23H26N6O3. The molecule has 0 saturated heterocycles. The van der Waals surface area contributed by atoms with Gasteiger partial charge < -0.3 is 23.8 Å². The molecule has 0 aliphatic carbocycles. The van der Waals surface area contributed by atoms with E-state index in [0.29, 0.717) is 47.9 Å². The van der Waals surface area contributed by atoms with Crippen LogP contribution in [-0.4, -0.2) is 50.5 Å². The second kappa shape index (κ2) is 9.09. The first-order chi connectivity index (χ1) is 15.6. The lowest BCUT2D eigenvalue weighted by atomic mass is 10.1. The number of ether oxygens (including phenoxy) is 1. The number of nitrogens with one attached hydrogen (secondary N) is 1. The SMILES string of the molecule is C=CCCOc1nc(-c2cc(C(C)N(CC)C(=O)NC)nc3ccoc23)cn2ccnc12. The summed E-state index contributed by atoms with van der Waals surface area (Å²) in [7, 11) is 1.62. The van der Waals surface area contributed by atoms with E-state index >= 15 is 0 Å². The number of fused-ring (bicyclic) bond motifs is 2. The number of hydrogen-bond acceptors (Lipinski definition) is 6. The molecule has 0 radical (unpaired) electrons. The fraction of sp³-hybridized carbons (Fsp3) is 0.304. The molecule has 9 heteroatoms. The monoisotopic (exact) mass is 434 g/mol. The Balaban J connectivity index is 1.84. The van der Waals surface area contributed by atoms with E-state index in [4.69, 9.17) is 19.1 Å². The van der Waals surface area contributed by atoms with Gasteiger partial charge in [0.05, 0.1) is 30.3 Å². The third-order valence-corrected chi connectivity index (χ3v) is 5.32. The minimum Gasteiger partial charge on any atom is -0.475 e. The summed E-state index contributed by atoms with van der Waals surface area (Å²) in [6, 6.07) is 3.31. The second-order valence-electron chi connectivity index (χ2n) is 7.26. The highest BCUT2D eigenvalue weighted by Crippen LogP contribution is 2.33. The number of rotatable bonds is 8. The zero-order valence-electron chi connectivity index (χ0n) is 18.4. The standard InChI is InChI=1S/C23H26N6O3/c1-5-7-11-32-22-21-25-9-10-28(21)14-19(27-22)16-13-18(26-17-8-12-31-20(16)17)15(3)29(6-2)23(30)24-4/h5,8-10,12-15H,1,6-7,11H2,2-4H3,(H,24,30). The first-order valence-electron chi connectivity index (χ1n) is 10.5. The highest BCUT2D eigenvalue weighted by molar-refractivity contribution is 5.89. The van der Waals surface area contributed by atoms with Crippen LogP contribution in [-0.2, 0) is 0 Å². The lowest BCUT2D eigenvalue weighted by molar-refractivity contribution is 0.184. The van der Waals surface area contributed by atoms with Crippen molar-refractivity contribution in [1.29, 1.82) is 0 Å². The molecule has 2 amide bonds. The number of carbonyl (C=O) groups is 1. The molecule has 0 spiro atoms. The quantitative estimate of drug-likeness (QED) is 0.329. The molecule has 0 bridgehead atoms. The van der Waals surface area contributed by atoms with Crippen molar-refractivity contribution in [2.75, 3.05) is 20.2 Å². The minimum atomic E-state index is -0.252. The van der Waals surface area contributed by atoms with E-state index in [2.05, 4.69) is 16.9 Å². The van der Waals surface area contributed by atoms with Crippen LogP contribution in [0.1, 0.15) is 32.0 Å². The van der Waals surface area contributed by atoms with Crippen molar-refractivity contribution in [2.45, 2.75) is 26.3 Å². The van der Waals surface area contributed by atoms with Gasteiger partial charge in [-0.2, -0.15) is 0 Å². The normalized spacial score (nSPS) is 12.1. The molecular weight excluding hydrogens is 408 g/mol. The van der Waals surface area contributed by atoms with Crippen LogP contribution in [0.4, 0.5) is 4.79 Å². The highest BCUT2D eigenvalue weighted by atomic mass is 16.5. The molecule has 32 heavy (non-hydrogen) atoms. The number of carbonyl (C=O) groups excluding carboxylic acids is 1. The minimum absolute atomic E-state index is 0.161. The molecule has 166 valence electrons. The number of imidazole rings is 1. The van der Waals surface area contributed by atoms with Gasteiger partial charge in [-0.05, 0) is 26.3 Å². The predicted octanol–water partition coefficient (Wildman–Crippen LogP) is 4.21. The number of pyridine rings is 1. The molecule has 1 atom stereocenters. The van der Waals surface area contributed by atoms with Crippen molar-refractivity contribution in [2.24, 2.45) is 0 Å². The molecule has 0 aliphatic rings. The molecule has 4 rings (SSSR count). The average Bonchev–Trinajstić information content (AvgIpc) is 3.48. The van der Waals surface area contributed by atoms with Crippen LogP contribution in [0.25, 0.3) is 28.0 Å². The van der Waals surface area contributed by atoms with Crippen molar-refractivity contribution in [3.8, 4) is 17.1 Å². The molecule has 4 heterocycles. The van der Waals surface area contributed by atoms with Crippen molar-refractivity contribution in [1.82, 2.24) is 29.6 Å². The van der Waals surface area contributed by atoms with Gasteiger partial charge in [0.25, 0.3) is 5.88 Å². The lowest BCUT2D eigenvalue weighted by Gasteiger charge is -2.27. The Morgan fingerprint density at radius 1 is 1.44 bits per heavy atom. The second-order valence-corrected chi connectivity index (χ2v) is 7.26. The summed E-state index contributed by atoms with van der Waals surface area (Å²) in [4.78, 5) is 27.9. The number of urea groups is 1. The Bertz CT molecular complexity index is 1260. The van der Waals surface area contributed by atoms with E-state index in [9.17, 15) is 4.79 Å². The number of furan rings is 1. The van der Waals surface area contributed by atoms with Gasteiger partial charge in [0, 0.05) is 43.8 Å². The molecule has 0 aromatic carbocycles. The first kappa shape index (κ1) is 21.4. The van der Waals surface area contributed by atoms with E-state index in [1.807, 2.05) is 42.8 Å². The van der Waals surface area contributed by atoms with Crippen LogP contribution in [0.15, 0.2) is 54.1 Å². The van der Waals surface area contributed by atoms with Crippen LogP contribution in [0.5, 0.6) is 5.88 Å². The number of nitrogens with zero attached hydrogens (tertiary/aromatic N) is 5. The zero-order chi connectivity index (χ0) is 22.7. The van der Waals surface area contributed by atoms with Gasteiger partial charge in [0.15, 0.2) is 5.58 Å². The Kier molecular flexibility index (Phi) is 6.07. The average molecular weight is 435 g/mol. The van der Waals surface area contributed by atoms with E-state index < -0.39 is 0 Å². The highest BCUT2D eigenvalue weighted by Gasteiger charge is 2.23. The van der Waals surface area contributed by atoms with Gasteiger partial charge in [0.2, 0.25) is 5.65 Å². The van der Waals surface area contributed by atoms with E-state index in [1.165, 1.54) is 0 Å². The summed E-state index contributed by atoms with van der Waals surface area (Å²) >= 11 is 0. The van der Waals surface area contributed by atoms with Crippen molar-refractivity contribution >= 4 is 22.8 Å². The molecule has 1 N–H and O–H groups in total. The third-order valence-electron chi connectivity index (χ3n) is 5.32. The van der Waals surface area contributed by atoms with Gasteiger partial charge >= 0.3 is 6.03 Å². The topological polar surface area (TPSA) is 97.8 Å². The summed E-state index contributed by atoms with van der Waals surface area (Å²) in [5.74, 6) is 0.431. The van der Waals surface area contributed by atoms with Crippen molar-refractivity contribution in [3.63, 3.8) is 0 Å². The molecule has 0 fully saturated rings. The van der Waals surface area contributed by atoms with Gasteiger partial charge in [-0.15, -0.1) is 6.58 Å². The zero-order valence-corrected chi connectivity index (χ0v) is 18.4. The lowest BCUT2D eigenvalue weighted by Crippen LogP contribution is -2.39. The Morgan fingerprint density at radius 2 is 2.28 bits per heavy atom. The summed E-state index contributed by atoms with van der Waals surface area (Å²) in [5, 5.41) is 2.69. The molecule has 9 nitrogen and oxygen atoms in total. The predicted molar refractivity (Wildman–Crippen MR) is 122 cm³/mol. The maximum absolute atomic E-state index is 12.3. The van der Waals surface area contributed by atoms with E-state index in [-0.39, 0.29) is 12.1 Å². The molecule has 4 aromatic heterocycles. The third kappa shape index (κ3) is 3.89. The van der Waals surface area contributed by atoms with Crippen molar-refractivity contribution < 1.29 is 13.9 Å². The maximum Gasteiger partial charge on any atom is 0.317 e. The Labute approximate surface area is 185 Å². The smallest absolute Gasteiger partial charge is 0.317 e. The van der Waals surface area contributed by atoms with Crippen LogP contribution in [0, 0.1) is 0 Å². The maximum atomic E-state index is 12.3. The molecule has 0 saturated carbocycles. The number of amides is 2. The summed E-state index contributed by atoms with van der Waals surface area (Å²) in [6.07, 6.45) is 9.52. The van der Waals surface area contributed by atoms with Gasteiger partial charge in [-0.25, -0.2) is 19.7 Å². The molecule has 1 unspecified atom stereocenters. The van der Waals surface area contributed by atoms with Crippen LogP contribution >= 0.6 is 0 Å². The Hall–Kier alpha value is -3.88. The summed E-state index contributed by atoms with van der Waals surface area (Å²) in [5.41, 5.74) is 4.10. The fourth-order valence-electron chi connectivity index (χ4n) is 3.65.